The summed E-state index contributed by atoms with van der Waals surface area (Å²) in [5.74, 6) is 0.681. The first-order valence-corrected chi connectivity index (χ1v) is 7.99. The number of hydrogen-bond donors (Lipinski definition) is 2. The minimum absolute atomic E-state index is 0.187. The number of morpholine rings is 1. The lowest BCUT2D eigenvalue weighted by atomic mass is 10.1. The van der Waals surface area contributed by atoms with Crippen LogP contribution in [0.15, 0.2) is 0 Å². The third kappa shape index (κ3) is 8.51. The molecule has 20 heavy (non-hydrogen) atoms. The molecule has 1 unspecified atom stereocenters. The van der Waals surface area contributed by atoms with E-state index in [1.54, 1.807) is 0 Å². The van der Waals surface area contributed by atoms with Gasteiger partial charge in [0.05, 0.1) is 13.2 Å². The minimum atomic E-state index is 0.187. The largest absolute Gasteiger partial charge is 0.379 e. The average Bonchev–Trinajstić information content (AvgIpc) is 2.46. The van der Waals surface area contributed by atoms with Crippen molar-refractivity contribution >= 4 is 5.91 Å². The summed E-state index contributed by atoms with van der Waals surface area (Å²) in [6.07, 6.45) is 4.93. The highest BCUT2D eigenvalue weighted by Gasteiger charge is 2.14. The topological polar surface area (TPSA) is 67.6 Å². The fourth-order valence-electron chi connectivity index (χ4n) is 2.45. The van der Waals surface area contributed by atoms with Crippen LogP contribution in [-0.2, 0) is 9.53 Å². The molecule has 5 nitrogen and oxygen atoms in total. The van der Waals surface area contributed by atoms with E-state index >= 15 is 0 Å². The molecule has 0 aliphatic carbocycles. The summed E-state index contributed by atoms with van der Waals surface area (Å²) in [6, 6.07) is 0. The summed E-state index contributed by atoms with van der Waals surface area (Å²) in [7, 11) is 0. The van der Waals surface area contributed by atoms with Crippen LogP contribution in [-0.4, -0.2) is 56.7 Å². The Hall–Kier alpha value is -0.650. The van der Waals surface area contributed by atoms with Crippen molar-refractivity contribution < 1.29 is 9.53 Å². The van der Waals surface area contributed by atoms with Gasteiger partial charge in [-0.3, -0.25) is 9.69 Å². The van der Waals surface area contributed by atoms with Crippen LogP contribution in [0.1, 0.15) is 39.0 Å². The van der Waals surface area contributed by atoms with Crippen molar-refractivity contribution in [3.05, 3.63) is 0 Å². The molecule has 0 bridgehead atoms. The van der Waals surface area contributed by atoms with Crippen molar-refractivity contribution in [1.82, 2.24) is 10.2 Å². The van der Waals surface area contributed by atoms with Crippen LogP contribution in [0.3, 0.4) is 0 Å². The minimum Gasteiger partial charge on any atom is -0.379 e. The van der Waals surface area contributed by atoms with E-state index in [0.29, 0.717) is 12.3 Å². The Morgan fingerprint density at radius 3 is 2.65 bits per heavy atom. The third-order valence-electron chi connectivity index (χ3n) is 3.68. The second-order valence-electron chi connectivity index (χ2n) is 5.78. The van der Waals surface area contributed by atoms with E-state index in [2.05, 4.69) is 17.1 Å². The maximum absolute atomic E-state index is 11.7. The number of nitrogens with two attached hydrogens (primary N) is 1. The molecule has 3 N–H and O–H groups in total. The van der Waals surface area contributed by atoms with Crippen molar-refractivity contribution in [2.75, 3.05) is 45.9 Å². The number of unbranched alkanes of at least 4 members (excludes halogenated alkanes) is 3. The van der Waals surface area contributed by atoms with E-state index in [1.807, 2.05) is 0 Å². The Kier molecular flexibility index (Phi) is 9.62. The highest BCUT2D eigenvalue weighted by atomic mass is 16.5. The maximum Gasteiger partial charge on any atom is 0.220 e. The summed E-state index contributed by atoms with van der Waals surface area (Å²) >= 11 is 0. The van der Waals surface area contributed by atoms with Crippen molar-refractivity contribution in [3.8, 4) is 0 Å². The van der Waals surface area contributed by atoms with Crippen LogP contribution in [0.2, 0.25) is 0 Å². The first-order chi connectivity index (χ1) is 9.72. The van der Waals surface area contributed by atoms with Gasteiger partial charge in [0.1, 0.15) is 0 Å². The molecule has 0 aromatic carbocycles. The lowest BCUT2D eigenvalue weighted by molar-refractivity contribution is -0.121. The normalized spacial score (nSPS) is 17.9. The second-order valence-corrected chi connectivity index (χ2v) is 5.78. The molecule has 118 valence electrons. The van der Waals surface area contributed by atoms with Gasteiger partial charge in [-0.25, -0.2) is 0 Å². The van der Waals surface area contributed by atoms with Crippen LogP contribution < -0.4 is 11.1 Å². The molecule has 0 aromatic heterocycles. The highest BCUT2D eigenvalue weighted by Crippen LogP contribution is 2.04. The number of amides is 1. The molecule has 0 radical (unpaired) electrons. The predicted octanol–water partition coefficient (Wildman–Crippen LogP) is 0.980. The average molecular weight is 285 g/mol. The van der Waals surface area contributed by atoms with Crippen molar-refractivity contribution in [3.63, 3.8) is 0 Å². The lowest BCUT2D eigenvalue weighted by Gasteiger charge is -2.29. The molecule has 1 amide bonds. The Balaban J connectivity index is 1.98. The summed E-state index contributed by atoms with van der Waals surface area (Å²) in [6.45, 7) is 8.46. The van der Waals surface area contributed by atoms with Gasteiger partial charge in [-0.05, 0) is 25.3 Å². The predicted molar refractivity (Wildman–Crippen MR) is 81.6 cm³/mol. The van der Waals surface area contributed by atoms with Gasteiger partial charge >= 0.3 is 0 Å². The highest BCUT2D eigenvalue weighted by molar-refractivity contribution is 5.75. The second kappa shape index (κ2) is 11.1. The van der Waals surface area contributed by atoms with Crippen LogP contribution in [0, 0.1) is 5.92 Å². The molecule has 1 aliphatic heterocycles. The van der Waals surface area contributed by atoms with Crippen molar-refractivity contribution in [2.24, 2.45) is 11.7 Å². The van der Waals surface area contributed by atoms with Gasteiger partial charge in [-0.2, -0.15) is 0 Å². The zero-order valence-corrected chi connectivity index (χ0v) is 12.9. The third-order valence-corrected chi connectivity index (χ3v) is 3.68. The first kappa shape index (κ1) is 17.4. The van der Waals surface area contributed by atoms with Gasteiger partial charge in [0, 0.05) is 32.6 Å². The van der Waals surface area contributed by atoms with E-state index in [9.17, 15) is 4.79 Å². The van der Waals surface area contributed by atoms with Crippen molar-refractivity contribution in [2.45, 2.75) is 39.0 Å². The number of nitrogens with one attached hydrogen (secondary N) is 1. The molecule has 1 atom stereocenters. The number of ether oxygens (including phenoxy) is 1. The van der Waals surface area contributed by atoms with E-state index in [-0.39, 0.29) is 5.91 Å². The maximum atomic E-state index is 11.7. The fourth-order valence-corrected chi connectivity index (χ4v) is 2.45. The molecule has 0 aromatic rings. The van der Waals surface area contributed by atoms with Gasteiger partial charge in [0.15, 0.2) is 0 Å². The van der Waals surface area contributed by atoms with Crippen LogP contribution in [0.5, 0.6) is 0 Å². The Morgan fingerprint density at radius 2 is 1.95 bits per heavy atom. The number of rotatable bonds is 10. The summed E-state index contributed by atoms with van der Waals surface area (Å²) in [5, 5.41) is 3.04. The van der Waals surface area contributed by atoms with Gasteiger partial charge < -0.3 is 15.8 Å². The fraction of sp³-hybridized carbons (Fsp3) is 0.933. The van der Waals surface area contributed by atoms with Crippen LogP contribution in [0.4, 0.5) is 0 Å². The van der Waals surface area contributed by atoms with Crippen LogP contribution in [0.25, 0.3) is 0 Å². The quantitative estimate of drug-likeness (QED) is 0.587. The van der Waals surface area contributed by atoms with Crippen LogP contribution >= 0.6 is 0 Å². The molecule has 1 rings (SSSR count). The monoisotopic (exact) mass is 285 g/mol. The van der Waals surface area contributed by atoms with Gasteiger partial charge in [0.2, 0.25) is 5.91 Å². The Morgan fingerprint density at radius 1 is 1.25 bits per heavy atom. The number of carbonyl (C=O) groups excluding carboxylic acids is 1. The zero-order chi connectivity index (χ0) is 14.6. The van der Waals surface area contributed by atoms with Crippen molar-refractivity contribution in [1.29, 1.82) is 0 Å². The van der Waals surface area contributed by atoms with E-state index in [1.165, 1.54) is 0 Å². The molecular formula is C15H31N3O2. The lowest BCUT2D eigenvalue weighted by Crippen LogP contribution is -2.41. The van der Waals surface area contributed by atoms with Gasteiger partial charge in [-0.15, -0.1) is 0 Å². The number of nitrogens with zero attached hydrogens (tertiary/aromatic N) is 1. The molecule has 1 fully saturated rings. The first-order valence-electron chi connectivity index (χ1n) is 7.99. The molecular weight excluding hydrogens is 254 g/mol. The molecule has 0 saturated carbocycles. The standard InChI is InChI=1S/C15H31N3O2/c1-14(13-18-8-10-20-11-9-18)12-17-15(19)6-4-2-3-5-7-16/h14H,2-13,16H2,1H3,(H,17,19). The van der Waals surface area contributed by atoms with E-state index < -0.39 is 0 Å². The Labute approximate surface area is 123 Å². The summed E-state index contributed by atoms with van der Waals surface area (Å²) in [5.41, 5.74) is 5.44. The molecule has 1 aliphatic rings. The van der Waals surface area contributed by atoms with Gasteiger partial charge in [-0.1, -0.05) is 19.8 Å². The van der Waals surface area contributed by atoms with E-state index in [4.69, 9.17) is 10.5 Å². The molecule has 5 heteroatoms. The molecule has 1 saturated heterocycles. The molecule has 0 spiro atoms. The van der Waals surface area contributed by atoms with Gasteiger partial charge in [0.25, 0.3) is 0 Å². The number of hydrogen-bond acceptors (Lipinski definition) is 4. The zero-order valence-electron chi connectivity index (χ0n) is 12.9. The Bertz CT molecular complexity index is 256. The molecule has 1 heterocycles. The smallest absolute Gasteiger partial charge is 0.220 e. The SMILES string of the molecule is CC(CNC(=O)CCCCCCN)CN1CCOCC1. The summed E-state index contributed by atoms with van der Waals surface area (Å²) < 4.78 is 5.33. The number of carbonyl (C=O) groups is 1. The van der Waals surface area contributed by atoms with E-state index in [0.717, 1.165) is 71.6 Å². The summed E-state index contributed by atoms with van der Waals surface area (Å²) in [4.78, 5) is 14.1.